The SMILES string of the molecule is CCCCCS(=O)(=O)Nc1ccc(Oc2cccc3c2CN(CCCC)C3)cc1. The molecule has 6 heteroatoms. The monoisotopic (exact) mass is 416 g/mol. The predicted molar refractivity (Wildman–Crippen MR) is 119 cm³/mol. The molecule has 0 saturated heterocycles. The summed E-state index contributed by atoms with van der Waals surface area (Å²) in [7, 11) is -3.30. The minimum absolute atomic E-state index is 0.157. The van der Waals surface area contributed by atoms with Gasteiger partial charge in [0.25, 0.3) is 0 Å². The molecule has 2 aromatic carbocycles. The van der Waals surface area contributed by atoms with Crippen LogP contribution in [0.15, 0.2) is 42.5 Å². The standard InChI is InChI=1S/C23H32N2O3S/c1-3-5-7-16-29(26,27)24-20-11-13-21(14-12-20)28-23-10-8-9-19-17-25(15-6-4-2)18-22(19)23/h8-14,24H,3-7,15-18H2,1-2H3. The van der Waals surface area contributed by atoms with Crippen molar-refractivity contribution in [2.45, 2.75) is 59.0 Å². The van der Waals surface area contributed by atoms with Gasteiger partial charge in [-0.05, 0) is 55.3 Å². The highest BCUT2D eigenvalue weighted by atomic mass is 32.2. The van der Waals surface area contributed by atoms with Gasteiger partial charge in [0.15, 0.2) is 0 Å². The van der Waals surface area contributed by atoms with Crippen molar-refractivity contribution in [2.75, 3.05) is 17.0 Å². The van der Waals surface area contributed by atoms with Crippen molar-refractivity contribution in [2.24, 2.45) is 0 Å². The average Bonchev–Trinajstić information content (AvgIpc) is 3.12. The fourth-order valence-corrected chi connectivity index (χ4v) is 4.77. The van der Waals surface area contributed by atoms with Crippen LogP contribution in [0.25, 0.3) is 0 Å². The summed E-state index contributed by atoms with van der Waals surface area (Å²) in [5, 5.41) is 0. The Bertz CT molecular complexity index is 895. The molecule has 0 bridgehead atoms. The lowest BCUT2D eigenvalue weighted by molar-refractivity contribution is 0.278. The Balaban J connectivity index is 1.62. The molecule has 0 aliphatic carbocycles. The molecule has 2 aromatic rings. The fraction of sp³-hybridized carbons (Fsp3) is 0.478. The minimum Gasteiger partial charge on any atom is -0.457 e. The van der Waals surface area contributed by atoms with Gasteiger partial charge in [0, 0.05) is 24.3 Å². The lowest BCUT2D eigenvalue weighted by Crippen LogP contribution is -2.17. The summed E-state index contributed by atoms with van der Waals surface area (Å²) in [5.74, 6) is 1.75. The van der Waals surface area contributed by atoms with E-state index in [2.05, 4.69) is 29.5 Å². The number of ether oxygens (including phenoxy) is 1. The molecule has 0 atom stereocenters. The lowest BCUT2D eigenvalue weighted by Gasteiger charge is -2.14. The summed E-state index contributed by atoms with van der Waals surface area (Å²) in [6, 6.07) is 13.3. The van der Waals surface area contributed by atoms with Crippen LogP contribution in [-0.2, 0) is 23.1 Å². The number of rotatable bonds is 11. The van der Waals surface area contributed by atoms with E-state index in [1.165, 1.54) is 24.0 Å². The minimum atomic E-state index is -3.30. The Labute approximate surface area is 175 Å². The number of anilines is 1. The quantitative estimate of drug-likeness (QED) is 0.490. The van der Waals surface area contributed by atoms with Gasteiger partial charge in [0.05, 0.1) is 5.75 Å². The zero-order valence-electron chi connectivity index (χ0n) is 17.5. The highest BCUT2D eigenvalue weighted by Crippen LogP contribution is 2.34. The first-order valence-electron chi connectivity index (χ1n) is 10.6. The summed E-state index contributed by atoms with van der Waals surface area (Å²) >= 11 is 0. The maximum atomic E-state index is 12.1. The van der Waals surface area contributed by atoms with Crippen molar-refractivity contribution in [1.29, 1.82) is 0 Å². The maximum absolute atomic E-state index is 12.1. The predicted octanol–water partition coefficient (Wildman–Crippen LogP) is 5.53. The average molecular weight is 417 g/mol. The molecule has 0 saturated carbocycles. The number of unbranched alkanes of at least 4 members (excludes halogenated alkanes) is 3. The number of hydrogen-bond donors (Lipinski definition) is 1. The third-order valence-corrected chi connectivity index (χ3v) is 6.58. The molecule has 0 amide bonds. The van der Waals surface area contributed by atoms with E-state index in [4.69, 9.17) is 4.74 Å². The first-order chi connectivity index (χ1) is 14.0. The maximum Gasteiger partial charge on any atom is 0.232 e. The molecule has 1 heterocycles. The van der Waals surface area contributed by atoms with E-state index in [1.54, 1.807) is 12.1 Å². The van der Waals surface area contributed by atoms with E-state index in [0.717, 1.165) is 38.2 Å². The topological polar surface area (TPSA) is 58.6 Å². The summed E-state index contributed by atoms with van der Waals surface area (Å²) < 4.78 is 33.1. The molecule has 1 N–H and O–H groups in total. The summed E-state index contributed by atoms with van der Waals surface area (Å²) in [4.78, 5) is 2.46. The largest absolute Gasteiger partial charge is 0.457 e. The zero-order chi connectivity index (χ0) is 20.7. The Morgan fingerprint density at radius 1 is 0.966 bits per heavy atom. The van der Waals surface area contributed by atoms with Crippen LogP contribution in [0.2, 0.25) is 0 Å². The van der Waals surface area contributed by atoms with Crippen LogP contribution in [0.5, 0.6) is 11.5 Å². The number of benzene rings is 2. The number of sulfonamides is 1. The number of fused-ring (bicyclic) bond motifs is 1. The van der Waals surface area contributed by atoms with Gasteiger partial charge in [-0.2, -0.15) is 0 Å². The van der Waals surface area contributed by atoms with Gasteiger partial charge in [-0.25, -0.2) is 8.42 Å². The van der Waals surface area contributed by atoms with Crippen molar-refractivity contribution in [1.82, 2.24) is 4.90 Å². The summed E-state index contributed by atoms with van der Waals surface area (Å²) in [5.41, 5.74) is 3.15. The van der Waals surface area contributed by atoms with Crippen LogP contribution in [0.4, 0.5) is 5.69 Å². The molecular weight excluding hydrogens is 384 g/mol. The van der Waals surface area contributed by atoms with Crippen LogP contribution in [0, 0.1) is 0 Å². The second kappa shape index (κ2) is 10.1. The lowest BCUT2D eigenvalue weighted by atomic mass is 10.1. The third kappa shape index (κ3) is 6.21. The molecule has 0 radical (unpaired) electrons. The number of nitrogens with one attached hydrogen (secondary N) is 1. The molecule has 0 spiro atoms. The molecule has 1 aliphatic rings. The summed E-state index contributed by atoms with van der Waals surface area (Å²) in [6.45, 7) is 7.28. The van der Waals surface area contributed by atoms with Gasteiger partial charge < -0.3 is 4.74 Å². The fourth-order valence-electron chi connectivity index (χ4n) is 3.59. The Morgan fingerprint density at radius 3 is 2.45 bits per heavy atom. The van der Waals surface area contributed by atoms with Crippen molar-refractivity contribution in [3.8, 4) is 11.5 Å². The molecular formula is C23H32N2O3S. The number of hydrogen-bond acceptors (Lipinski definition) is 4. The molecule has 29 heavy (non-hydrogen) atoms. The molecule has 0 fully saturated rings. The Kier molecular flexibility index (Phi) is 7.56. The van der Waals surface area contributed by atoms with Gasteiger partial charge in [-0.3, -0.25) is 9.62 Å². The normalized spacial score (nSPS) is 14.0. The number of nitrogens with zero attached hydrogens (tertiary/aromatic N) is 1. The first-order valence-corrected chi connectivity index (χ1v) is 12.3. The van der Waals surface area contributed by atoms with Crippen molar-refractivity contribution >= 4 is 15.7 Å². The molecule has 5 nitrogen and oxygen atoms in total. The Hall–Kier alpha value is -2.05. The van der Waals surface area contributed by atoms with Crippen molar-refractivity contribution < 1.29 is 13.2 Å². The van der Waals surface area contributed by atoms with E-state index < -0.39 is 10.0 Å². The van der Waals surface area contributed by atoms with Gasteiger partial charge in [-0.15, -0.1) is 0 Å². The van der Waals surface area contributed by atoms with Crippen molar-refractivity contribution in [3.05, 3.63) is 53.6 Å². The smallest absolute Gasteiger partial charge is 0.232 e. The van der Waals surface area contributed by atoms with E-state index in [1.807, 2.05) is 24.3 Å². The second-order valence-corrected chi connectivity index (χ2v) is 9.55. The molecule has 1 aliphatic heterocycles. The van der Waals surface area contributed by atoms with Crippen LogP contribution in [0.1, 0.15) is 57.1 Å². The van der Waals surface area contributed by atoms with Crippen LogP contribution in [-0.4, -0.2) is 25.6 Å². The first kappa shape index (κ1) is 21.7. The van der Waals surface area contributed by atoms with Crippen LogP contribution in [0.3, 0.4) is 0 Å². The molecule has 0 unspecified atom stereocenters. The zero-order valence-corrected chi connectivity index (χ0v) is 18.3. The molecule has 3 rings (SSSR count). The van der Waals surface area contributed by atoms with Gasteiger partial charge in [0.2, 0.25) is 10.0 Å². The van der Waals surface area contributed by atoms with Gasteiger partial charge in [0.1, 0.15) is 11.5 Å². The Morgan fingerprint density at radius 2 is 1.72 bits per heavy atom. The van der Waals surface area contributed by atoms with E-state index in [-0.39, 0.29) is 5.75 Å². The molecule has 0 aromatic heterocycles. The van der Waals surface area contributed by atoms with E-state index in [0.29, 0.717) is 17.9 Å². The highest BCUT2D eigenvalue weighted by molar-refractivity contribution is 7.92. The third-order valence-electron chi connectivity index (χ3n) is 5.21. The van der Waals surface area contributed by atoms with Crippen molar-refractivity contribution in [3.63, 3.8) is 0 Å². The summed E-state index contributed by atoms with van der Waals surface area (Å²) in [6.07, 6.45) is 5.01. The van der Waals surface area contributed by atoms with Crippen LogP contribution < -0.4 is 9.46 Å². The van der Waals surface area contributed by atoms with Gasteiger partial charge >= 0.3 is 0 Å². The van der Waals surface area contributed by atoms with E-state index >= 15 is 0 Å². The second-order valence-electron chi connectivity index (χ2n) is 7.71. The van der Waals surface area contributed by atoms with Gasteiger partial charge in [-0.1, -0.05) is 45.2 Å². The molecule has 158 valence electrons. The van der Waals surface area contributed by atoms with Crippen LogP contribution >= 0.6 is 0 Å². The highest BCUT2D eigenvalue weighted by Gasteiger charge is 2.22. The van der Waals surface area contributed by atoms with E-state index in [9.17, 15) is 8.42 Å².